The maximum atomic E-state index is 5.89. The maximum Gasteiger partial charge on any atom is 0.119 e. The molecule has 100 valence electrons. The molecule has 2 rings (SSSR count). The van der Waals surface area contributed by atoms with Crippen LogP contribution in [0.25, 0.3) is 0 Å². The highest BCUT2D eigenvalue weighted by Gasteiger charge is 2.05. The minimum atomic E-state index is 0.281. The first-order chi connectivity index (χ1) is 9.19. The summed E-state index contributed by atoms with van der Waals surface area (Å²) < 4.78 is 5.22. The Morgan fingerprint density at radius 3 is 2.58 bits per heavy atom. The number of halogens is 1. The summed E-state index contributed by atoms with van der Waals surface area (Å²) in [5.41, 5.74) is 2.44. The van der Waals surface area contributed by atoms with Crippen LogP contribution in [-0.4, -0.2) is 7.11 Å². The highest BCUT2D eigenvalue weighted by Crippen LogP contribution is 2.17. The molecule has 0 radical (unpaired) electrons. The Labute approximate surface area is 119 Å². The third-order valence-corrected chi connectivity index (χ3v) is 3.37. The zero-order chi connectivity index (χ0) is 13.7. The van der Waals surface area contributed by atoms with Crippen molar-refractivity contribution in [2.24, 2.45) is 0 Å². The van der Waals surface area contributed by atoms with Crippen molar-refractivity contribution in [3.8, 4) is 5.75 Å². The van der Waals surface area contributed by atoms with E-state index < -0.39 is 0 Å². The molecule has 2 aromatic carbocycles. The minimum Gasteiger partial charge on any atom is -0.497 e. The van der Waals surface area contributed by atoms with E-state index in [0.29, 0.717) is 0 Å². The van der Waals surface area contributed by atoms with Gasteiger partial charge in [0.15, 0.2) is 0 Å². The summed E-state index contributed by atoms with van der Waals surface area (Å²) in [5, 5.41) is 4.25. The van der Waals surface area contributed by atoms with Crippen LogP contribution in [0.15, 0.2) is 48.5 Å². The molecular weight excluding hydrogens is 258 g/mol. The molecule has 0 fully saturated rings. The van der Waals surface area contributed by atoms with E-state index in [9.17, 15) is 0 Å². The fourth-order valence-electron chi connectivity index (χ4n) is 1.92. The highest BCUT2D eigenvalue weighted by molar-refractivity contribution is 6.30. The zero-order valence-electron chi connectivity index (χ0n) is 11.2. The van der Waals surface area contributed by atoms with E-state index in [4.69, 9.17) is 16.3 Å². The number of hydrogen-bond acceptors (Lipinski definition) is 2. The summed E-state index contributed by atoms with van der Waals surface area (Å²) in [6.07, 6.45) is 0. The van der Waals surface area contributed by atoms with Gasteiger partial charge in [-0.1, -0.05) is 35.9 Å². The fourth-order valence-corrected chi connectivity index (χ4v) is 2.05. The van der Waals surface area contributed by atoms with Gasteiger partial charge in [0.2, 0.25) is 0 Å². The van der Waals surface area contributed by atoms with Crippen molar-refractivity contribution in [1.29, 1.82) is 0 Å². The normalized spacial score (nSPS) is 12.2. The largest absolute Gasteiger partial charge is 0.497 e. The van der Waals surface area contributed by atoms with Gasteiger partial charge in [-0.05, 0) is 42.3 Å². The molecule has 0 bridgehead atoms. The lowest BCUT2D eigenvalue weighted by Crippen LogP contribution is -2.17. The zero-order valence-corrected chi connectivity index (χ0v) is 11.9. The van der Waals surface area contributed by atoms with E-state index in [0.717, 1.165) is 17.3 Å². The molecule has 0 unspecified atom stereocenters. The van der Waals surface area contributed by atoms with E-state index in [1.807, 2.05) is 42.5 Å². The van der Waals surface area contributed by atoms with E-state index in [-0.39, 0.29) is 6.04 Å². The lowest BCUT2D eigenvalue weighted by molar-refractivity contribution is 0.414. The predicted molar refractivity (Wildman–Crippen MR) is 79.7 cm³/mol. The Kier molecular flexibility index (Phi) is 4.83. The van der Waals surface area contributed by atoms with E-state index >= 15 is 0 Å². The number of methoxy groups -OCH3 is 1. The average molecular weight is 276 g/mol. The topological polar surface area (TPSA) is 21.3 Å². The molecule has 2 nitrogen and oxygen atoms in total. The number of ether oxygens (including phenoxy) is 1. The number of hydrogen-bond donors (Lipinski definition) is 1. The molecule has 0 spiro atoms. The lowest BCUT2D eigenvalue weighted by atomic mass is 10.1. The number of rotatable bonds is 5. The Morgan fingerprint density at radius 2 is 1.89 bits per heavy atom. The Hall–Kier alpha value is -1.51. The Balaban J connectivity index is 1.96. The van der Waals surface area contributed by atoms with Crippen LogP contribution in [0.4, 0.5) is 0 Å². The summed E-state index contributed by atoms with van der Waals surface area (Å²) >= 11 is 5.89. The van der Waals surface area contributed by atoms with Crippen molar-refractivity contribution in [3.05, 3.63) is 64.7 Å². The minimum absolute atomic E-state index is 0.281. The second kappa shape index (κ2) is 6.60. The summed E-state index contributed by atoms with van der Waals surface area (Å²) in [6.45, 7) is 2.95. The molecule has 0 saturated heterocycles. The van der Waals surface area contributed by atoms with E-state index in [1.54, 1.807) is 7.11 Å². The molecule has 0 aliphatic carbocycles. The third kappa shape index (κ3) is 3.98. The molecule has 0 saturated carbocycles. The first-order valence-electron chi connectivity index (χ1n) is 6.31. The van der Waals surface area contributed by atoms with Crippen LogP contribution in [-0.2, 0) is 6.54 Å². The van der Waals surface area contributed by atoms with Crippen molar-refractivity contribution in [2.75, 3.05) is 7.11 Å². The molecular formula is C16H18ClNO. The van der Waals surface area contributed by atoms with Gasteiger partial charge in [-0.2, -0.15) is 0 Å². The number of nitrogens with one attached hydrogen (secondary N) is 1. The summed E-state index contributed by atoms with van der Waals surface area (Å²) in [7, 11) is 1.68. The molecule has 1 N–H and O–H groups in total. The molecule has 2 aromatic rings. The van der Waals surface area contributed by atoms with Crippen molar-refractivity contribution in [1.82, 2.24) is 5.32 Å². The summed E-state index contributed by atoms with van der Waals surface area (Å²) in [5.74, 6) is 0.887. The standard InChI is InChI=1S/C16H18ClNO/c1-12(14-6-8-15(17)9-7-14)18-11-13-4-3-5-16(10-13)19-2/h3-10,12,18H,11H2,1-2H3/t12-/m0/s1. The Morgan fingerprint density at radius 1 is 1.16 bits per heavy atom. The molecule has 0 heterocycles. The van der Waals surface area contributed by atoms with Crippen molar-refractivity contribution >= 4 is 11.6 Å². The van der Waals surface area contributed by atoms with Crippen LogP contribution in [0.1, 0.15) is 24.1 Å². The first kappa shape index (κ1) is 13.9. The van der Waals surface area contributed by atoms with Crippen LogP contribution in [0.5, 0.6) is 5.75 Å². The van der Waals surface area contributed by atoms with Gasteiger partial charge in [0, 0.05) is 17.6 Å². The van der Waals surface area contributed by atoms with E-state index in [1.165, 1.54) is 11.1 Å². The smallest absolute Gasteiger partial charge is 0.119 e. The number of benzene rings is 2. The molecule has 1 atom stereocenters. The predicted octanol–water partition coefficient (Wildman–Crippen LogP) is 4.20. The van der Waals surface area contributed by atoms with Crippen molar-refractivity contribution in [2.45, 2.75) is 19.5 Å². The van der Waals surface area contributed by atoms with Gasteiger partial charge in [0.25, 0.3) is 0 Å². The van der Waals surface area contributed by atoms with Gasteiger partial charge < -0.3 is 10.1 Å². The van der Waals surface area contributed by atoms with Crippen LogP contribution in [0.3, 0.4) is 0 Å². The Bertz CT molecular complexity index is 525. The summed E-state index contributed by atoms with van der Waals surface area (Å²) in [6, 6.07) is 16.3. The molecule has 0 aliphatic rings. The van der Waals surface area contributed by atoms with Gasteiger partial charge in [-0.15, -0.1) is 0 Å². The quantitative estimate of drug-likeness (QED) is 0.883. The van der Waals surface area contributed by atoms with Crippen LogP contribution < -0.4 is 10.1 Å². The van der Waals surface area contributed by atoms with Gasteiger partial charge in [0.1, 0.15) is 5.75 Å². The molecule has 0 amide bonds. The average Bonchev–Trinajstić information content (AvgIpc) is 2.46. The van der Waals surface area contributed by atoms with Gasteiger partial charge >= 0.3 is 0 Å². The second-order valence-corrected chi connectivity index (χ2v) is 4.94. The fraction of sp³-hybridized carbons (Fsp3) is 0.250. The third-order valence-electron chi connectivity index (χ3n) is 3.12. The van der Waals surface area contributed by atoms with E-state index in [2.05, 4.69) is 18.3 Å². The molecule has 0 aliphatic heterocycles. The molecule has 3 heteroatoms. The SMILES string of the molecule is COc1cccc(CN[C@@H](C)c2ccc(Cl)cc2)c1. The van der Waals surface area contributed by atoms with Crippen molar-refractivity contribution in [3.63, 3.8) is 0 Å². The molecule has 0 aromatic heterocycles. The second-order valence-electron chi connectivity index (χ2n) is 4.51. The highest BCUT2D eigenvalue weighted by atomic mass is 35.5. The molecule has 19 heavy (non-hydrogen) atoms. The first-order valence-corrected chi connectivity index (χ1v) is 6.68. The maximum absolute atomic E-state index is 5.89. The van der Waals surface area contributed by atoms with Gasteiger partial charge in [-0.25, -0.2) is 0 Å². The van der Waals surface area contributed by atoms with Crippen LogP contribution in [0, 0.1) is 0 Å². The monoisotopic (exact) mass is 275 g/mol. The summed E-state index contributed by atoms with van der Waals surface area (Å²) in [4.78, 5) is 0. The van der Waals surface area contributed by atoms with Crippen molar-refractivity contribution < 1.29 is 4.74 Å². The lowest BCUT2D eigenvalue weighted by Gasteiger charge is -2.14. The van der Waals surface area contributed by atoms with Gasteiger partial charge in [-0.3, -0.25) is 0 Å². The van der Waals surface area contributed by atoms with Gasteiger partial charge in [0.05, 0.1) is 7.11 Å². The van der Waals surface area contributed by atoms with Crippen LogP contribution >= 0.6 is 11.6 Å². The van der Waals surface area contributed by atoms with Crippen LogP contribution in [0.2, 0.25) is 5.02 Å².